The highest BCUT2D eigenvalue weighted by Crippen LogP contribution is 2.22. The molecule has 1 aromatic carbocycles. The quantitative estimate of drug-likeness (QED) is 0.861. The minimum atomic E-state index is -0.285. The minimum absolute atomic E-state index is 0.285. The van der Waals surface area contributed by atoms with E-state index in [1.807, 2.05) is 17.7 Å². The van der Waals surface area contributed by atoms with Gasteiger partial charge in [-0.2, -0.15) is 4.98 Å². The topological polar surface area (TPSA) is 27.1 Å². The summed E-state index contributed by atoms with van der Waals surface area (Å²) in [4.78, 5) is 4.16. The third-order valence-corrected chi connectivity index (χ3v) is 2.46. The van der Waals surface area contributed by atoms with Crippen LogP contribution in [0.25, 0.3) is 0 Å². The molecule has 2 rings (SSSR count). The number of aryl methyl sites for hydroxylation is 1. The lowest BCUT2D eigenvalue weighted by Gasteiger charge is -2.05. The van der Waals surface area contributed by atoms with Crippen LogP contribution in [-0.2, 0) is 6.54 Å². The Kier molecular flexibility index (Phi) is 3.24. The van der Waals surface area contributed by atoms with Gasteiger partial charge >= 0.3 is 6.01 Å². The van der Waals surface area contributed by atoms with Gasteiger partial charge in [0.25, 0.3) is 0 Å². The Labute approximate surface area is 101 Å². The van der Waals surface area contributed by atoms with Crippen molar-refractivity contribution in [1.82, 2.24) is 9.55 Å². The lowest BCUT2D eigenvalue weighted by atomic mass is 10.3. The Hall–Kier alpha value is -1.36. The molecule has 0 spiro atoms. The number of imidazole rings is 1. The third kappa shape index (κ3) is 2.41. The first-order valence-corrected chi connectivity index (χ1v) is 5.64. The Morgan fingerprint density at radius 1 is 1.38 bits per heavy atom. The molecule has 0 fully saturated rings. The molecule has 5 heteroatoms. The van der Waals surface area contributed by atoms with Gasteiger partial charge in [-0.3, -0.25) is 4.57 Å². The van der Waals surface area contributed by atoms with Crippen molar-refractivity contribution in [2.24, 2.45) is 0 Å². The number of benzene rings is 1. The molecule has 0 radical (unpaired) electrons. The molecule has 3 nitrogen and oxygen atoms in total. The Balaban J connectivity index is 2.22. The maximum Gasteiger partial charge on any atom is 0.302 e. The lowest BCUT2D eigenvalue weighted by molar-refractivity contribution is 0.414. The number of ether oxygens (including phenoxy) is 1. The van der Waals surface area contributed by atoms with Crippen LogP contribution in [0.15, 0.2) is 35.1 Å². The van der Waals surface area contributed by atoms with E-state index in [2.05, 4.69) is 20.9 Å². The van der Waals surface area contributed by atoms with Crippen molar-refractivity contribution in [2.75, 3.05) is 0 Å². The van der Waals surface area contributed by atoms with Crippen molar-refractivity contribution in [2.45, 2.75) is 13.5 Å². The van der Waals surface area contributed by atoms with Crippen LogP contribution < -0.4 is 4.74 Å². The molecule has 0 unspecified atom stereocenters. The molecule has 0 atom stereocenters. The molecule has 84 valence electrons. The van der Waals surface area contributed by atoms with Crippen molar-refractivity contribution in [1.29, 1.82) is 0 Å². The van der Waals surface area contributed by atoms with Gasteiger partial charge in [-0.25, -0.2) is 4.39 Å². The SMILES string of the molecule is CCn1cc(Br)nc1Oc1ccc(F)cc1. The van der Waals surface area contributed by atoms with E-state index in [1.54, 1.807) is 12.1 Å². The van der Waals surface area contributed by atoms with Gasteiger partial charge < -0.3 is 4.74 Å². The van der Waals surface area contributed by atoms with Crippen molar-refractivity contribution >= 4 is 15.9 Å². The summed E-state index contributed by atoms with van der Waals surface area (Å²) in [5.74, 6) is 0.279. The number of hydrogen-bond acceptors (Lipinski definition) is 2. The van der Waals surface area contributed by atoms with E-state index in [9.17, 15) is 4.39 Å². The second kappa shape index (κ2) is 4.65. The number of halogens is 2. The number of hydrogen-bond donors (Lipinski definition) is 0. The maximum atomic E-state index is 12.7. The Morgan fingerprint density at radius 2 is 2.06 bits per heavy atom. The lowest BCUT2D eigenvalue weighted by Crippen LogP contribution is -1.97. The van der Waals surface area contributed by atoms with E-state index in [4.69, 9.17) is 4.74 Å². The number of rotatable bonds is 3. The Bertz CT molecular complexity index is 481. The highest BCUT2D eigenvalue weighted by molar-refractivity contribution is 9.10. The van der Waals surface area contributed by atoms with Crippen LogP contribution in [0.2, 0.25) is 0 Å². The molecule has 0 N–H and O–H groups in total. The van der Waals surface area contributed by atoms with Gasteiger partial charge in [-0.15, -0.1) is 0 Å². The van der Waals surface area contributed by atoms with Gasteiger partial charge in [0.15, 0.2) is 0 Å². The molecule has 16 heavy (non-hydrogen) atoms. The molecular weight excluding hydrogens is 275 g/mol. The summed E-state index contributed by atoms with van der Waals surface area (Å²) in [6.45, 7) is 2.75. The monoisotopic (exact) mass is 284 g/mol. The standard InChI is InChI=1S/C11H10BrFN2O/c1-2-15-7-10(12)14-11(15)16-9-5-3-8(13)4-6-9/h3-7H,2H2,1H3. The maximum absolute atomic E-state index is 12.7. The third-order valence-electron chi connectivity index (χ3n) is 2.07. The van der Waals surface area contributed by atoms with Crippen LogP contribution in [0.4, 0.5) is 4.39 Å². The van der Waals surface area contributed by atoms with E-state index >= 15 is 0 Å². The number of nitrogens with zero attached hydrogens (tertiary/aromatic N) is 2. The molecular formula is C11H10BrFN2O. The number of aromatic nitrogens is 2. The van der Waals surface area contributed by atoms with Crippen LogP contribution in [0.1, 0.15) is 6.92 Å². The van der Waals surface area contributed by atoms with Crippen molar-refractivity contribution in [3.05, 3.63) is 40.9 Å². The zero-order valence-electron chi connectivity index (χ0n) is 8.65. The van der Waals surface area contributed by atoms with Crippen molar-refractivity contribution in [3.63, 3.8) is 0 Å². The van der Waals surface area contributed by atoms with E-state index in [-0.39, 0.29) is 5.82 Å². The van der Waals surface area contributed by atoms with Crippen LogP contribution in [0, 0.1) is 5.82 Å². The Morgan fingerprint density at radius 3 is 2.69 bits per heavy atom. The molecule has 1 aromatic heterocycles. The van der Waals surface area contributed by atoms with Gasteiger partial charge in [0.2, 0.25) is 0 Å². The molecule has 0 aliphatic rings. The van der Waals surface area contributed by atoms with E-state index in [0.29, 0.717) is 16.4 Å². The van der Waals surface area contributed by atoms with E-state index in [0.717, 1.165) is 6.54 Å². The fourth-order valence-corrected chi connectivity index (χ4v) is 1.68. The molecule has 0 saturated heterocycles. The zero-order valence-corrected chi connectivity index (χ0v) is 10.2. The first-order valence-electron chi connectivity index (χ1n) is 4.85. The summed E-state index contributed by atoms with van der Waals surface area (Å²) in [5.41, 5.74) is 0. The first-order chi connectivity index (χ1) is 7.69. The molecule has 0 aliphatic carbocycles. The summed E-state index contributed by atoms with van der Waals surface area (Å²) in [7, 11) is 0. The molecule has 0 bridgehead atoms. The van der Waals surface area contributed by atoms with Gasteiger partial charge in [-0.05, 0) is 47.1 Å². The van der Waals surface area contributed by atoms with E-state index in [1.165, 1.54) is 12.1 Å². The summed E-state index contributed by atoms with van der Waals surface area (Å²) in [6, 6.07) is 6.32. The van der Waals surface area contributed by atoms with Gasteiger partial charge in [0.05, 0.1) is 0 Å². The van der Waals surface area contributed by atoms with Crippen LogP contribution >= 0.6 is 15.9 Å². The van der Waals surface area contributed by atoms with E-state index < -0.39 is 0 Å². The summed E-state index contributed by atoms with van der Waals surface area (Å²) in [5, 5.41) is 0. The summed E-state index contributed by atoms with van der Waals surface area (Å²) in [6.07, 6.45) is 1.83. The fourth-order valence-electron chi connectivity index (χ4n) is 1.28. The second-order valence-corrected chi connectivity index (χ2v) is 4.00. The highest BCUT2D eigenvalue weighted by atomic mass is 79.9. The highest BCUT2D eigenvalue weighted by Gasteiger charge is 2.07. The minimum Gasteiger partial charge on any atom is -0.425 e. The van der Waals surface area contributed by atoms with Gasteiger partial charge in [-0.1, -0.05) is 0 Å². The molecule has 1 heterocycles. The zero-order chi connectivity index (χ0) is 11.5. The average Bonchev–Trinajstić information content (AvgIpc) is 2.62. The van der Waals surface area contributed by atoms with Gasteiger partial charge in [0, 0.05) is 12.7 Å². The van der Waals surface area contributed by atoms with Crippen LogP contribution in [-0.4, -0.2) is 9.55 Å². The predicted molar refractivity (Wildman–Crippen MR) is 62.1 cm³/mol. The smallest absolute Gasteiger partial charge is 0.302 e. The van der Waals surface area contributed by atoms with Gasteiger partial charge in [0.1, 0.15) is 16.2 Å². The predicted octanol–water partition coefficient (Wildman–Crippen LogP) is 3.60. The average molecular weight is 285 g/mol. The largest absolute Gasteiger partial charge is 0.425 e. The normalized spacial score (nSPS) is 10.4. The molecule has 0 amide bonds. The first kappa shape index (κ1) is 11.1. The van der Waals surface area contributed by atoms with Crippen LogP contribution in [0.3, 0.4) is 0 Å². The summed E-state index contributed by atoms with van der Waals surface area (Å²) >= 11 is 3.28. The van der Waals surface area contributed by atoms with Crippen molar-refractivity contribution in [3.8, 4) is 11.8 Å². The molecule has 0 saturated carbocycles. The summed E-state index contributed by atoms with van der Waals surface area (Å²) < 4.78 is 20.8. The molecule has 2 aromatic rings. The van der Waals surface area contributed by atoms with Crippen molar-refractivity contribution < 1.29 is 9.13 Å². The fraction of sp³-hybridized carbons (Fsp3) is 0.182. The second-order valence-electron chi connectivity index (χ2n) is 3.19. The van der Waals surface area contributed by atoms with Crippen LogP contribution in [0.5, 0.6) is 11.8 Å². The molecule has 0 aliphatic heterocycles.